The normalized spacial score (nSPS) is 11.1. The lowest BCUT2D eigenvalue weighted by Gasteiger charge is -2.04. The van der Waals surface area contributed by atoms with Crippen LogP contribution in [0.2, 0.25) is 0 Å². The van der Waals surface area contributed by atoms with Gasteiger partial charge in [0.2, 0.25) is 5.69 Å². The first kappa shape index (κ1) is 27.1. The fourth-order valence-electron chi connectivity index (χ4n) is 3.93. The summed E-state index contributed by atoms with van der Waals surface area (Å²) in [6, 6.07) is 0. The van der Waals surface area contributed by atoms with Gasteiger partial charge >= 0.3 is 5.69 Å². The van der Waals surface area contributed by atoms with Crippen LogP contribution >= 0.6 is 0 Å². The third-order valence-electron chi connectivity index (χ3n) is 6.02. The molecule has 1 amide bonds. The maximum atomic E-state index is 12.2. The Kier molecular flexibility index (Phi) is 14.6. The fourth-order valence-corrected chi connectivity index (χ4v) is 3.93. The van der Waals surface area contributed by atoms with E-state index in [1.54, 1.807) is 14.0 Å². The topological polar surface area (TPSA) is 90.1 Å². The number of aryl methyl sites for hydroxylation is 1. The Morgan fingerprint density at radius 2 is 1.29 bits per heavy atom. The number of carbonyl (C=O) groups excluding carboxylic acids is 1. The monoisotopic (exact) mass is 436 g/mol. The number of nitrogens with zero attached hydrogens (tertiary/aromatic N) is 3. The summed E-state index contributed by atoms with van der Waals surface area (Å²) >= 11 is 0. The van der Waals surface area contributed by atoms with Gasteiger partial charge in [0, 0.05) is 13.6 Å². The van der Waals surface area contributed by atoms with Gasteiger partial charge in [-0.1, -0.05) is 103 Å². The second-order valence-electron chi connectivity index (χ2n) is 8.72. The largest absolute Gasteiger partial charge is 0.350 e. The molecule has 1 heterocycles. The van der Waals surface area contributed by atoms with E-state index in [0.717, 1.165) is 12.8 Å². The molecule has 0 spiro atoms. The maximum Gasteiger partial charge on any atom is 0.322 e. The Labute approximate surface area is 188 Å². The predicted octanol–water partition coefficient (Wildman–Crippen LogP) is 6.63. The van der Waals surface area contributed by atoms with Crippen LogP contribution in [0.4, 0.5) is 5.69 Å². The molecular formula is C24H44N4O3. The average Bonchev–Trinajstić information content (AvgIpc) is 3.05. The third kappa shape index (κ3) is 11.3. The molecule has 0 aliphatic heterocycles. The van der Waals surface area contributed by atoms with Gasteiger partial charge in [0.1, 0.15) is 5.69 Å². The molecule has 0 aliphatic rings. The molecule has 0 bridgehead atoms. The van der Waals surface area contributed by atoms with Crippen LogP contribution in [0, 0.1) is 17.0 Å². The number of rotatable bonds is 19. The summed E-state index contributed by atoms with van der Waals surface area (Å²) in [5, 5.41) is 17.9. The van der Waals surface area contributed by atoms with Crippen molar-refractivity contribution in [2.45, 2.75) is 117 Å². The van der Waals surface area contributed by atoms with Crippen LogP contribution in [0.25, 0.3) is 0 Å². The molecule has 1 N–H and O–H groups in total. The summed E-state index contributed by atoms with van der Waals surface area (Å²) in [7, 11) is 1.61. The highest BCUT2D eigenvalue weighted by molar-refractivity contribution is 5.96. The summed E-state index contributed by atoms with van der Waals surface area (Å²) in [5.41, 5.74) is 0.0889. The van der Waals surface area contributed by atoms with Gasteiger partial charge in [-0.2, -0.15) is 5.10 Å². The van der Waals surface area contributed by atoms with Gasteiger partial charge in [-0.3, -0.25) is 19.6 Å². The van der Waals surface area contributed by atoms with Crippen molar-refractivity contribution < 1.29 is 9.72 Å². The lowest BCUT2D eigenvalue weighted by Crippen LogP contribution is -2.25. The second-order valence-corrected chi connectivity index (χ2v) is 8.72. The molecule has 1 aromatic heterocycles. The molecule has 1 aromatic rings. The SMILES string of the molecule is CCCCCCCCCCCCCCCCCCNC(=O)c1nn(C)c(C)c1[N+](=O)[O-]. The van der Waals surface area contributed by atoms with Crippen LogP contribution in [0.5, 0.6) is 0 Å². The Bertz CT molecular complexity index is 643. The van der Waals surface area contributed by atoms with Crippen LogP contribution in [-0.4, -0.2) is 27.2 Å². The molecule has 0 unspecified atom stereocenters. The van der Waals surface area contributed by atoms with Crippen LogP contribution in [-0.2, 0) is 7.05 Å². The Hall–Kier alpha value is -1.92. The Balaban J connectivity index is 1.95. The standard InChI is InChI=1S/C24H44N4O3/c1-4-5-6-7-8-9-10-11-12-13-14-15-16-17-18-19-20-25-24(29)22-23(28(30)31)21(2)27(3)26-22/h4-20H2,1-3H3,(H,25,29). The number of nitrogens with one attached hydrogen (secondary N) is 1. The molecule has 0 atom stereocenters. The quantitative estimate of drug-likeness (QED) is 0.150. The molecule has 7 nitrogen and oxygen atoms in total. The first-order chi connectivity index (χ1) is 15.0. The van der Waals surface area contributed by atoms with E-state index in [2.05, 4.69) is 17.3 Å². The van der Waals surface area contributed by atoms with Gasteiger partial charge in [-0.15, -0.1) is 0 Å². The minimum Gasteiger partial charge on any atom is -0.350 e. The molecule has 0 radical (unpaired) electrons. The zero-order valence-electron chi connectivity index (χ0n) is 20.1. The molecular weight excluding hydrogens is 392 g/mol. The number of nitro groups is 1. The van der Waals surface area contributed by atoms with Crippen LogP contribution in [0.1, 0.15) is 126 Å². The molecule has 0 aliphatic carbocycles. The molecule has 0 saturated carbocycles. The average molecular weight is 437 g/mol. The van der Waals surface area contributed by atoms with E-state index in [-0.39, 0.29) is 11.4 Å². The summed E-state index contributed by atoms with van der Waals surface area (Å²) in [6.07, 6.45) is 20.9. The first-order valence-corrected chi connectivity index (χ1v) is 12.4. The van der Waals surface area contributed by atoms with E-state index in [9.17, 15) is 14.9 Å². The zero-order chi connectivity index (χ0) is 22.9. The van der Waals surface area contributed by atoms with Crippen molar-refractivity contribution in [3.63, 3.8) is 0 Å². The number of hydrogen-bond acceptors (Lipinski definition) is 4. The predicted molar refractivity (Wildman–Crippen MR) is 126 cm³/mol. The number of carbonyl (C=O) groups is 1. The van der Waals surface area contributed by atoms with Crippen molar-refractivity contribution in [2.24, 2.45) is 7.05 Å². The van der Waals surface area contributed by atoms with E-state index in [4.69, 9.17) is 0 Å². The molecule has 1 rings (SSSR count). The first-order valence-electron chi connectivity index (χ1n) is 12.4. The van der Waals surface area contributed by atoms with Gasteiger partial charge in [0.05, 0.1) is 4.92 Å². The minimum absolute atomic E-state index is 0.0958. The molecule has 31 heavy (non-hydrogen) atoms. The minimum atomic E-state index is -0.536. The van der Waals surface area contributed by atoms with Crippen molar-refractivity contribution in [1.82, 2.24) is 15.1 Å². The number of hydrogen-bond donors (Lipinski definition) is 1. The van der Waals surface area contributed by atoms with Crippen molar-refractivity contribution in [3.05, 3.63) is 21.5 Å². The maximum absolute atomic E-state index is 12.2. The van der Waals surface area contributed by atoms with Gasteiger partial charge in [0.25, 0.3) is 5.91 Å². The molecule has 7 heteroatoms. The fraction of sp³-hybridized carbons (Fsp3) is 0.833. The Morgan fingerprint density at radius 1 is 0.871 bits per heavy atom. The number of unbranched alkanes of at least 4 members (excludes halogenated alkanes) is 15. The molecule has 0 aromatic carbocycles. The summed E-state index contributed by atoms with van der Waals surface area (Å²) < 4.78 is 1.38. The van der Waals surface area contributed by atoms with Gasteiger partial charge in [0.15, 0.2) is 0 Å². The van der Waals surface area contributed by atoms with Gasteiger partial charge in [-0.05, 0) is 13.3 Å². The van der Waals surface area contributed by atoms with Crippen molar-refractivity contribution in [1.29, 1.82) is 0 Å². The number of aromatic nitrogens is 2. The smallest absolute Gasteiger partial charge is 0.322 e. The van der Waals surface area contributed by atoms with Gasteiger partial charge in [-0.25, -0.2) is 0 Å². The highest BCUT2D eigenvalue weighted by Crippen LogP contribution is 2.21. The van der Waals surface area contributed by atoms with Crippen molar-refractivity contribution in [2.75, 3.05) is 6.54 Å². The van der Waals surface area contributed by atoms with E-state index in [1.165, 1.54) is 94.6 Å². The Morgan fingerprint density at radius 3 is 1.71 bits per heavy atom. The summed E-state index contributed by atoms with van der Waals surface area (Å²) in [4.78, 5) is 22.8. The lowest BCUT2D eigenvalue weighted by atomic mass is 10.0. The molecule has 0 saturated heterocycles. The van der Waals surface area contributed by atoms with E-state index < -0.39 is 10.8 Å². The van der Waals surface area contributed by atoms with Crippen molar-refractivity contribution in [3.8, 4) is 0 Å². The van der Waals surface area contributed by atoms with Crippen LogP contribution in [0.15, 0.2) is 0 Å². The molecule has 0 fully saturated rings. The van der Waals surface area contributed by atoms with Crippen molar-refractivity contribution >= 4 is 11.6 Å². The summed E-state index contributed by atoms with van der Waals surface area (Å²) in [6.45, 7) is 4.39. The second kappa shape index (κ2) is 16.7. The molecule has 178 valence electrons. The lowest BCUT2D eigenvalue weighted by molar-refractivity contribution is -0.385. The highest BCUT2D eigenvalue weighted by Gasteiger charge is 2.28. The summed E-state index contributed by atoms with van der Waals surface area (Å²) in [5.74, 6) is -0.462. The van der Waals surface area contributed by atoms with Gasteiger partial charge < -0.3 is 5.32 Å². The van der Waals surface area contributed by atoms with Crippen LogP contribution in [0.3, 0.4) is 0 Å². The van der Waals surface area contributed by atoms with E-state index in [0.29, 0.717) is 12.2 Å². The van der Waals surface area contributed by atoms with E-state index in [1.807, 2.05) is 0 Å². The third-order valence-corrected chi connectivity index (χ3v) is 6.02. The van der Waals surface area contributed by atoms with Crippen LogP contribution < -0.4 is 5.32 Å². The zero-order valence-corrected chi connectivity index (χ0v) is 20.1. The highest BCUT2D eigenvalue weighted by atomic mass is 16.6. The van der Waals surface area contributed by atoms with E-state index >= 15 is 0 Å². The number of amides is 1.